The molecule has 1 unspecified atom stereocenters. The van der Waals surface area contributed by atoms with Crippen LogP contribution in [0.2, 0.25) is 0 Å². The first kappa shape index (κ1) is 13.5. The number of nitrogen functional groups attached to an aromatic ring is 1. The van der Waals surface area contributed by atoms with Gasteiger partial charge in [0.1, 0.15) is 0 Å². The molecule has 1 fully saturated rings. The Bertz CT molecular complexity index is 472. The number of hydrogen-bond acceptors (Lipinski definition) is 4. The maximum absolute atomic E-state index is 11.8. The molecule has 0 aromatic carbocycles. The topological polar surface area (TPSA) is 88.3 Å². The maximum Gasteiger partial charge on any atom is 0.266 e. The Morgan fingerprint density at radius 2 is 2.37 bits per heavy atom. The van der Waals surface area contributed by atoms with Crippen LogP contribution in [-0.2, 0) is 11.3 Å². The Balaban J connectivity index is 2.00. The quantitative estimate of drug-likeness (QED) is 0.468. The summed E-state index contributed by atoms with van der Waals surface area (Å²) in [7, 11) is 0. The number of hydrogen-bond donors (Lipinski definition) is 2. The van der Waals surface area contributed by atoms with Gasteiger partial charge in [0, 0.05) is 19.2 Å². The van der Waals surface area contributed by atoms with Gasteiger partial charge in [-0.05, 0) is 18.1 Å². The van der Waals surface area contributed by atoms with Gasteiger partial charge in [-0.2, -0.15) is 0 Å². The summed E-state index contributed by atoms with van der Waals surface area (Å²) in [5, 5.41) is 0. The fourth-order valence-corrected chi connectivity index (χ4v) is 2.21. The molecule has 1 atom stereocenters. The summed E-state index contributed by atoms with van der Waals surface area (Å²) in [5.74, 6) is 5.30. The number of carbonyl (C=O) groups is 2. The van der Waals surface area contributed by atoms with Crippen molar-refractivity contribution < 1.29 is 9.59 Å². The second-order valence-corrected chi connectivity index (χ2v) is 4.76. The van der Waals surface area contributed by atoms with E-state index in [9.17, 15) is 9.59 Å². The van der Waals surface area contributed by atoms with Crippen LogP contribution in [0.25, 0.3) is 0 Å². The molecule has 0 bridgehead atoms. The monoisotopic (exact) mass is 262 g/mol. The van der Waals surface area contributed by atoms with Crippen molar-refractivity contribution in [2.45, 2.75) is 26.3 Å². The molecule has 1 aliphatic heterocycles. The van der Waals surface area contributed by atoms with E-state index in [1.807, 2.05) is 4.90 Å². The number of pyridine rings is 1. The van der Waals surface area contributed by atoms with Gasteiger partial charge in [0.05, 0.1) is 17.8 Å². The van der Waals surface area contributed by atoms with Crippen LogP contribution in [0, 0.1) is 5.92 Å². The Morgan fingerprint density at radius 3 is 2.89 bits per heavy atom. The molecule has 6 nitrogen and oxygen atoms in total. The first-order valence-corrected chi connectivity index (χ1v) is 6.37. The number of nitrogens with two attached hydrogens (primary N) is 1. The standard InChI is InChI=1S/C13H18N4O2/c1-2-9-5-12(18)17(7-9)8-11-4-3-10(6-15-11)13(19)16-14/h3-4,6,9H,2,5,7-8,14H2,1H3,(H,16,19). The largest absolute Gasteiger partial charge is 0.336 e. The molecular formula is C13H18N4O2. The molecule has 0 aliphatic carbocycles. The second kappa shape index (κ2) is 5.79. The average Bonchev–Trinajstić information content (AvgIpc) is 2.79. The van der Waals surface area contributed by atoms with Gasteiger partial charge < -0.3 is 4.90 Å². The van der Waals surface area contributed by atoms with E-state index in [2.05, 4.69) is 17.3 Å². The average molecular weight is 262 g/mol. The Labute approximate surface area is 112 Å². The molecule has 2 rings (SSSR count). The summed E-state index contributed by atoms with van der Waals surface area (Å²) in [6.45, 7) is 3.39. The van der Waals surface area contributed by atoms with E-state index < -0.39 is 0 Å². The Hall–Kier alpha value is -1.95. The third kappa shape index (κ3) is 3.08. The van der Waals surface area contributed by atoms with E-state index in [-0.39, 0.29) is 11.8 Å². The highest BCUT2D eigenvalue weighted by Crippen LogP contribution is 2.21. The van der Waals surface area contributed by atoms with Gasteiger partial charge >= 0.3 is 0 Å². The van der Waals surface area contributed by atoms with Gasteiger partial charge in [-0.1, -0.05) is 13.3 Å². The molecule has 3 N–H and O–H groups in total. The summed E-state index contributed by atoms with van der Waals surface area (Å²) in [6.07, 6.45) is 3.12. The first-order valence-electron chi connectivity index (χ1n) is 6.37. The molecule has 0 saturated carbocycles. The van der Waals surface area contributed by atoms with Crippen LogP contribution in [-0.4, -0.2) is 28.2 Å². The lowest BCUT2D eigenvalue weighted by molar-refractivity contribution is -0.128. The fourth-order valence-electron chi connectivity index (χ4n) is 2.21. The smallest absolute Gasteiger partial charge is 0.266 e. The number of rotatable bonds is 4. The molecular weight excluding hydrogens is 244 g/mol. The lowest BCUT2D eigenvalue weighted by atomic mass is 10.1. The van der Waals surface area contributed by atoms with Crippen molar-refractivity contribution in [2.75, 3.05) is 6.54 Å². The highest BCUT2D eigenvalue weighted by atomic mass is 16.2. The molecule has 1 aromatic heterocycles. The Kier molecular flexibility index (Phi) is 4.11. The van der Waals surface area contributed by atoms with Crippen LogP contribution in [0.5, 0.6) is 0 Å². The fraction of sp³-hybridized carbons (Fsp3) is 0.462. The van der Waals surface area contributed by atoms with Crippen LogP contribution in [0.1, 0.15) is 35.8 Å². The van der Waals surface area contributed by atoms with E-state index in [1.54, 1.807) is 12.1 Å². The Morgan fingerprint density at radius 1 is 1.58 bits per heavy atom. The number of carbonyl (C=O) groups excluding carboxylic acids is 2. The van der Waals surface area contributed by atoms with Crippen LogP contribution in [0.4, 0.5) is 0 Å². The van der Waals surface area contributed by atoms with E-state index in [0.29, 0.717) is 24.4 Å². The van der Waals surface area contributed by atoms with E-state index in [0.717, 1.165) is 18.7 Å². The summed E-state index contributed by atoms with van der Waals surface area (Å²) in [4.78, 5) is 29.1. The molecule has 0 spiro atoms. The van der Waals surface area contributed by atoms with Crippen LogP contribution in [0.15, 0.2) is 18.3 Å². The minimum Gasteiger partial charge on any atom is -0.336 e. The van der Waals surface area contributed by atoms with E-state index in [1.165, 1.54) is 6.20 Å². The number of likely N-dealkylation sites (tertiary alicyclic amines) is 1. The second-order valence-electron chi connectivity index (χ2n) is 4.76. The van der Waals surface area contributed by atoms with Crippen molar-refractivity contribution >= 4 is 11.8 Å². The first-order chi connectivity index (χ1) is 9.13. The SMILES string of the molecule is CCC1CC(=O)N(Cc2ccc(C(=O)NN)cn2)C1. The van der Waals surface area contributed by atoms with Gasteiger partial charge in [0.15, 0.2) is 0 Å². The number of hydrazine groups is 1. The molecule has 19 heavy (non-hydrogen) atoms. The lowest BCUT2D eigenvalue weighted by Crippen LogP contribution is -2.30. The van der Waals surface area contributed by atoms with Gasteiger partial charge in [0.25, 0.3) is 5.91 Å². The summed E-state index contributed by atoms with van der Waals surface area (Å²) < 4.78 is 0. The van der Waals surface area contributed by atoms with Crippen LogP contribution in [0.3, 0.4) is 0 Å². The predicted molar refractivity (Wildman–Crippen MR) is 69.7 cm³/mol. The van der Waals surface area contributed by atoms with Gasteiger partial charge in [-0.3, -0.25) is 20.0 Å². The molecule has 1 saturated heterocycles. The van der Waals surface area contributed by atoms with E-state index >= 15 is 0 Å². The van der Waals surface area contributed by atoms with Crippen LogP contribution >= 0.6 is 0 Å². The van der Waals surface area contributed by atoms with E-state index in [4.69, 9.17) is 5.84 Å². The third-order valence-electron chi connectivity index (χ3n) is 3.44. The molecule has 2 heterocycles. The maximum atomic E-state index is 11.8. The zero-order valence-electron chi connectivity index (χ0n) is 10.9. The normalized spacial score (nSPS) is 18.7. The summed E-state index contributed by atoms with van der Waals surface area (Å²) >= 11 is 0. The molecule has 6 heteroatoms. The zero-order chi connectivity index (χ0) is 13.8. The lowest BCUT2D eigenvalue weighted by Gasteiger charge is -2.15. The third-order valence-corrected chi connectivity index (χ3v) is 3.44. The number of nitrogens with zero attached hydrogens (tertiary/aromatic N) is 2. The molecule has 1 aromatic rings. The highest BCUT2D eigenvalue weighted by Gasteiger charge is 2.28. The zero-order valence-corrected chi connectivity index (χ0v) is 10.9. The number of amides is 2. The number of aromatic nitrogens is 1. The molecule has 2 amide bonds. The predicted octanol–water partition coefficient (Wildman–Crippen LogP) is 0.444. The number of nitrogens with one attached hydrogen (secondary N) is 1. The molecule has 102 valence electrons. The van der Waals surface area contributed by atoms with Crippen molar-refractivity contribution in [3.05, 3.63) is 29.6 Å². The van der Waals surface area contributed by atoms with Gasteiger partial charge in [-0.25, -0.2) is 5.84 Å². The van der Waals surface area contributed by atoms with Crippen molar-refractivity contribution in [3.8, 4) is 0 Å². The van der Waals surface area contributed by atoms with Gasteiger partial charge in [-0.15, -0.1) is 0 Å². The molecule has 1 aliphatic rings. The van der Waals surface area contributed by atoms with Crippen LogP contribution < -0.4 is 11.3 Å². The summed E-state index contributed by atoms with van der Waals surface area (Å²) in [6, 6.07) is 3.40. The molecule has 0 radical (unpaired) electrons. The minimum atomic E-state index is -0.373. The summed E-state index contributed by atoms with van der Waals surface area (Å²) in [5.41, 5.74) is 3.24. The van der Waals surface area contributed by atoms with Crippen molar-refractivity contribution in [3.63, 3.8) is 0 Å². The van der Waals surface area contributed by atoms with Crippen molar-refractivity contribution in [1.82, 2.24) is 15.3 Å². The minimum absolute atomic E-state index is 0.178. The van der Waals surface area contributed by atoms with Gasteiger partial charge in [0.2, 0.25) is 5.91 Å². The highest BCUT2D eigenvalue weighted by molar-refractivity contribution is 5.93. The van der Waals surface area contributed by atoms with Crippen molar-refractivity contribution in [1.29, 1.82) is 0 Å². The van der Waals surface area contributed by atoms with Crippen molar-refractivity contribution in [2.24, 2.45) is 11.8 Å².